The van der Waals surface area contributed by atoms with Crippen LogP contribution in [0.4, 0.5) is 6.01 Å². The number of aromatic nitrogens is 2. The summed E-state index contributed by atoms with van der Waals surface area (Å²) >= 11 is 0. The zero-order valence-electron chi connectivity index (χ0n) is 12.9. The molecular weight excluding hydrogens is 240 g/mol. The zero-order chi connectivity index (χ0) is 14.3. The Kier molecular flexibility index (Phi) is 6.84. The molecule has 0 aliphatic heterocycles. The van der Waals surface area contributed by atoms with Crippen molar-refractivity contribution in [3.05, 3.63) is 5.89 Å². The number of rotatable bonds is 9. The predicted molar refractivity (Wildman–Crippen MR) is 78.0 cm³/mol. The van der Waals surface area contributed by atoms with E-state index in [1.165, 1.54) is 6.42 Å². The van der Waals surface area contributed by atoms with Gasteiger partial charge in [0, 0.05) is 6.04 Å². The fourth-order valence-electron chi connectivity index (χ4n) is 1.72. The van der Waals surface area contributed by atoms with Gasteiger partial charge < -0.3 is 15.1 Å². The number of nitrogens with one attached hydrogen (secondary N) is 2. The molecule has 0 aliphatic carbocycles. The van der Waals surface area contributed by atoms with E-state index in [2.05, 4.69) is 55.4 Å². The number of anilines is 1. The lowest BCUT2D eigenvalue weighted by Gasteiger charge is -2.12. The van der Waals surface area contributed by atoms with Gasteiger partial charge in [-0.3, -0.25) is 0 Å². The second-order valence-electron chi connectivity index (χ2n) is 6.04. The minimum absolute atomic E-state index is 0.360. The highest BCUT2D eigenvalue weighted by atomic mass is 16.4. The van der Waals surface area contributed by atoms with E-state index in [0.29, 0.717) is 30.4 Å². The van der Waals surface area contributed by atoms with Crippen molar-refractivity contribution in [3.8, 4) is 0 Å². The van der Waals surface area contributed by atoms with Gasteiger partial charge in [-0.15, -0.1) is 5.10 Å². The van der Waals surface area contributed by atoms with Crippen LogP contribution in [0.5, 0.6) is 0 Å². The Morgan fingerprint density at radius 1 is 1.00 bits per heavy atom. The Bertz CT molecular complexity index is 349. The van der Waals surface area contributed by atoms with Gasteiger partial charge in [0.05, 0.1) is 6.54 Å². The van der Waals surface area contributed by atoms with E-state index in [4.69, 9.17) is 4.42 Å². The fraction of sp³-hybridized carbons (Fsp3) is 0.857. The van der Waals surface area contributed by atoms with E-state index in [0.717, 1.165) is 18.9 Å². The molecule has 110 valence electrons. The number of hydrogen-bond acceptors (Lipinski definition) is 5. The van der Waals surface area contributed by atoms with E-state index in [9.17, 15) is 0 Å². The van der Waals surface area contributed by atoms with Gasteiger partial charge in [-0.1, -0.05) is 32.8 Å². The number of hydrogen-bond donors (Lipinski definition) is 2. The van der Waals surface area contributed by atoms with Crippen molar-refractivity contribution in [2.45, 2.75) is 60.0 Å². The first-order valence-corrected chi connectivity index (χ1v) is 7.27. The van der Waals surface area contributed by atoms with Gasteiger partial charge in [0.25, 0.3) is 0 Å². The Balaban J connectivity index is 2.29. The Morgan fingerprint density at radius 3 is 2.37 bits per heavy atom. The van der Waals surface area contributed by atoms with Gasteiger partial charge in [0.1, 0.15) is 0 Å². The first-order valence-electron chi connectivity index (χ1n) is 7.27. The monoisotopic (exact) mass is 268 g/mol. The SMILES string of the molecule is CC(C)CCC(C)Nc1nnc(CNCC(C)C)o1. The molecule has 0 fully saturated rings. The lowest BCUT2D eigenvalue weighted by Crippen LogP contribution is -2.19. The maximum absolute atomic E-state index is 5.55. The van der Waals surface area contributed by atoms with Crippen molar-refractivity contribution >= 4 is 6.01 Å². The van der Waals surface area contributed by atoms with E-state index in [1.807, 2.05) is 0 Å². The molecule has 1 aromatic rings. The summed E-state index contributed by atoms with van der Waals surface area (Å²) in [6.07, 6.45) is 2.31. The Morgan fingerprint density at radius 2 is 1.74 bits per heavy atom. The quantitative estimate of drug-likeness (QED) is 0.720. The van der Waals surface area contributed by atoms with Crippen LogP contribution in [0.1, 0.15) is 53.4 Å². The van der Waals surface area contributed by atoms with Crippen LogP contribution >= 0.6 is 0 Å². The molecule has 0 saturated heterocycles. The molecule has 5 heteroatoms. The first-order chi connectivity index (χ1) is 8.97. The lowest BCUT2D eigenvalue weighted by atomic mass is 10.0. The molecule has 0 spiro atoms. The largest absolute Gasteiger partial charge is 0.407 e. The molecule has 2 N–H and O–H groups in total. The van der Waals surface area contributed by atoms with Crippen LogP contribution < -0.4 is 10.6 Å². The topological polar surface area (TPSA) is 63.0 Å². The number of nitrogens with zero attached hydrogens (tertiary/aromatic N) is 2. The van der Waals surface area contributed by atoms with Crippen LogP contribution in [0.15, 0.2) is 4.42 Å². The van der Waals surface area contributed by atoms with Crippen LogP contribution in [0.3, 0.4) is 0 Å². The second-order valence-corrected chi connectivity index (χ2v) is 6.04. The Hall–Kier alpha value is -1.10. The molecule has 1 unspecified atom stereocenters. The highest BCUT2D eigenvalue weighted by Crippen LogP contribution is 2.12. The summed E-state index contributed by atoms with van der Waals surface area (Å²) in [5.74, 6) is 1.98. The summed E-state index contributed by atoms with van der Waals surface area (Å²) in [5.41, 5.74) is 0. The van der Waals surface area contributed by atoms with Crippen molar-refractivity contribution in [2.75, 3.05) is 11.9 Å². The van der Waals surface area contributed by atoms with Crippen molar-refractivity contribution in [2.24, 2.45) is 11.8 Å². The molecule has 1 heterocycles. The average molecular weight is 268 g/mol. The fourth-order valence-corrected chi connectivity index (χ4v) is 1.72. The highest BCUT2D eigenvalue weighted by molar-refractivity contribution is 5.18. The van der Waals surface area contributed by atoms with E-state index in [-0.39, 0.29) is 0 Å². The van der Waals surface area contributed by atoms with Gasteiger partial charge in [0.2, 0.25) is 5.89 Å². The van der Waals surface area contributed by atoms with E-state index in [1.54, 1.807) is 0 Å². The molecule has 0 aromatic carbocycles. The minimum atomic E-state index is 0.360. The summed E-state index contributed by atoms with van der Waals surface area (Å²) in [7, 11) is 0. The van der Waals surface area contributed by atoms with Gasteiger partial charge in [-0.2, -0.15) is 0 Å². The molecule has 0 radical (unpaired) electrons. The van der Waals surface area contributed by atoms with Crippen molar-refractivity contribution in [1.29, 1.82) is 0 Å². The molecule has 0 saturated carbocycles. The van der Waals surface area contributed by atoms with Gasteiger partial charge in [0.15, 0.2) is 0 Å². The minimum Gasteiger partial charge on any atom is -0.407 e. The van der Waals surface area contributed by atoms with Crippen molar-refractivity contribution < 1.29 is 4.42 Å². The van der Waals surface area contributed by atoms with Crippen molar-refractivity contribution in [3.63, 3.8) is 0 Å². The molecule has 0 amide bonds. The maximum Gasteiger partial charge on any atom is 0.315 e. The van der Waals surface area contributed by atoms with Gasteiger partial charge in [-0.05, 0) is 38.1 Å². The summed E-state index contributed by atoms with van der Waals surface area (Å²) in [6, 6.07) is 0.886. The average Bonchev–Trinajstić information content (AvgIpc) is 2.73. The van der Waals surface area contributed by atoms with Gasteiger partial charge in [-0.25, -0.2) is 0 Å². The van der Waals surface area contributed by atoms with Crippen LogP contribution in [-0.4, -0.2) is 22.8 Å². The second kappa shape index (κ2) is 8.15. The van der Waals surface area contributed by atoms with Crippen LogP contribution in [-0.2, 0) is 6.54 Å². The molecular formula is C14H28N4O. The lowest BCUT2D eigenvalue weighted by molar-refractivity contribution is 0.452. The summed E-state index contributed by atoms with van der Waals surface area (Å²) in [5, 5.41) is 14.6. The van der Waals surface area contributed by atoms with Crippen LogP contribution in [0.2, 0.25) is 0 Å². The molecule has 5 nitrogen and oxygen atoms in total. The molecule has 0 aliphatic rings. The molecule has 1 rings (SSSR count). The summed E-state index contributed by atoms with van der Waals surface area (Å²) in [4.78, 5) is 0. The van der Waals surface area contributed by atoms with E-state index >= 15 is 0 Å². The molecule has 0 bridgehead atoms. The first kappa shape index (κ1) is 16.0. The summed E-state index contributed by atoms with van der Waals surface area (Å²) < 4.78 is 5.55. The van der Waals surface area contributed by atoms with Crippen LogP contribution in [0, 0.1) is 11.8 Å². The van der Waals surface area contributed by atoms with Gasteiger partial charge >= 0.3 is 6.01 Å². The molecule has 1 aromatic heterocycles. The van der Waals surface area contributed by atoms with Crippen LogP contribution in [0.25, 0.3) is 0 Å². The Labute approximate surface area is 116 Å². The standard InChI is InChI=1S/C14H28N4O/c1-10(2)6-7-12(5)16-14-18-17-13(19-14)9-15-8-11(3)4/h10-12,15H,6-9H2,1-5H3,(H,16,18). The third-order valence-corrected chi connectivity index (χ3v) is 2.84. The molecule has 1 atom stereocenters. The maximum atomic E-state index is 5.55. The third-order valence-electron chi connectivity index (χ3n) is 2.84. The summed E-state index contributed by atoms with van der Waals surface area (Å²) in [6.45, 7) is 12.5. The highest BCUT2D eigenvalue weighted by Gasteiger charge is 2.09. The smallest absolute Gasteiger partial charge is 0.315 e. The third kappa shape index (κ3) is 7.15. The molecule has 19 heavy (non-hydrogen) atoms. The predicted octanol–water partition coefficient (Wildman–Crippen LogP) is 3.05. The van der Waals surface area contributed by atoms with Crippen molar-refractivity contribution in [1.82, 2.24) is 15.5 Å². The zero-order valence-corrected chi connectivity index (χ0v) is 12.9. The van der Waals surface area contributed by atoms with E-state index < -0.39 is 0 Å². The normalized spacial score (nSPS) is 13.2.